The Balaban J connectivity index is 1.61. The zero-order valence-corrected chi connectivity index (χ0v) is 15.4. The molecule has 1 aliphatic rings. The highest BCUT2D eigenvalue weighted by atomic mass is 32.2. The van der Waals surface area contributed by atoms with Crippen molar-refractivity contribution >= 4 is 29.0 Å². The predicted octanol–water partition coefficient (Wildman–Crippen LogP) is 4.12. The van der Waals surface area contributed by atoms with Crippen molar-refractivity contribution in [3.8, 4) is 11.5 Å². The lowest BCUT2D eigenvalue weighted by atomic mass is 10.2. The van der Waals surface area contributed by atoms with E-state index in [-0.39, 0.29) is 24.3 Å². The molecule has 1 heterocycles. The quantitative estimate of drug-likeness (QED) is 0.717. The summed E-state index contributed by atoms with van der Waals surface area (Å²) in [5.41, 5.74) is 1.93. The number of amides is 2. The number of methoxy groups -OCH3 is 1. The predicted molar refractivity (Wildman–Crippen MR) is 102 cm³/mol. The first kappa shape index (κ1) is 18.1. The van der Waals surface area contributed by atoms with E-state index in [0.717, 1.165) is 34.4 Å². The number of rotatable bonds is 6. The Bertz CT molecular complexity index is 845. The molecule has 3 rings (SSSR count). The van der Waals surface area contributed by atoms with Gasteiger partial charge in [-0.3, -0.25) is 14.5 Å². The Morgan fingerprint density at radius 3 is 2.54 bits per heavy atom. The molecule has 1 saturated heterocycles. The van der Waals surface area contributed by atoms with E-state index in [4.69, 9.17) is 9.47 Å². The van der Waals surface area contributed by atoms with Crippen LogP contribution in [0.2, 0.25) is 0 Å². The van der Waals surface area contributed by atoms with Gasteiger partial charge in [0.1, 0.15) is 18.1 Å². The third kappa shape index (κ3) is 4.26. The van der Waals surface area contributed by atoms with Crippen LogP contribution < -0.4 is 9.47 Å². The monoisotopic (exact) mass is 369 g/mol. The molecule has 0 radical (unpaired) electrons. The zero-order chi connectivity index (χ0) is 18.5. The lowest BCUT2D eigenvalue weighted by molar-refractivity contribution is -0.123. The van der Waals surface area contributed by atoms with Crippen LogP contribution in [0.25, 0.3) is 6.08 Å². The minimum atomic E-state index is -0.288. The van der Waals surface area contributed by atoms with Gasteiger partial charge in [-0.05, 0) is 60.2 Å². The maximum atomic E-state index is 12.5. The molecule has 0 atom stereocenters. The van der Waals surface area contributed by atoms with Gasteiger partial charge in [-0.1, -0.05) is 24.3 Å². The second-order valence-electron chi connectivity index (χ2n) is 5.77. The number of ether oxygens (including phenoxy) is 2. The molecule has 0 N–H and O–H groups in total. The van der Waals surface area contributed by atoms with Crippen LogP contribution in [0.4, 0.5) is 4.79 Å². The highest BCUT2D eigenvalue weighted by Crippen LogP contribution is 2.32. The van der Waals surface area contributed by atoms with Gasteiger partial charge in [0.25, 0.3) is 11.1 Å². The average molecular weight is 369 g/mol. The molecular weight excluding hydrogens is 350 g/mol. The van der Waals surface area contributed by atoms with Crippen LogP contribution in [-0.2, 0) is 4.79 Å². The van der Waals surface area contributed by atoms with Crippen LogP contribution >= 0.6 is 11.8 Å². The van der Waals surface area contributed by atoms with E-state index in [1.807, 2.05) is 55.5 Å². The zero-order valence-electron chi connectivity index (χ0n) is 14.6. The molecule has 0 aliphatic carbocycles. The summed E-state index contributed by atoms with van der Waals surface area (Å²) >= 11 is 0.947. The topological polar surface area (TPSA) is 55.8 Å². The van der Waals surface area contributed by atoms with Crippen molar-refractivity contribution in [3.63, 3.8) is 0 Å². The molecule has 0 aromatic heterocycles. The number of aryl methyl sites for hydroxylation is 1. The number of hydrogen-bond donors (Lipinski definition) is 0. The van der Waals surface area contributed by atoms with Gasteiger partial charge < -0.3 is 9.47 Å². The summed E-state index contributed by atoms with van der Waals surface area (Å²) in [6, 6.07) is 15.0. The van der Waals surface area contributed by atoms with Gasteiger partial charge in [0.05, 0.1) is 18.6 Å². The van der Waals surface area contributed by atoms with Crippen molar-refractivity contribution in [2.75, 3.05) is 20.3 Å². The molecule has 1 fully saturated rings. The fraction of sp³-hybridized carbons (Fsp3) is 0.200. The fourth-order valence-electron chi connectivity index (χ4n) is 2.50. The third-order valence-electron chi connectivity index (χ3n) is 3.86. The Kier molecular flexibility index (Phi) is 5.63. The highest BCUT2D eigenvalue weighted by molar-refractivity contribution is 8.18. The average Bonchev–Trinajstić information content (AvgIpc) is 2.90. The van der Waals surface area contributed by atoms with Crippen molar-refractivity contribution in [3.05, 3.63) is 64.6 Å². The normalized spacial score (nSPS) is 15.6. The van der Waals surface area contributed by atoms with Crippen LogP contribution in [-0.4, -0.2) is 36.3 Å². The van der Waals surface area contributed by atoms with Crippen LogP contribution in [0.5, 0.6) is 11.5 Å². The fourth-order valence-corrected chi connectivity index (χ4v) is 3.37. The van der Waals surface area contributed by atoms with Gasteiger partial charge in [-0.15, -0.1) is 0 Å². The van der Waals surface area contributed by atoms with Gasteiger partial charge in [0, 0.05) is 0 Å². The first-order valence-electron chi connectivity index (χ1n) is 8.16. The maximum Gasteiger partial charge on any atom is 0.293 e. The smallest absolute Gasteiger partial charge is 0.293 e. The Morgan fingerprint density at radius 2 is 1.85 bits per heavy atom. The number of benzene rings is 2. The van der Waals surface area contributed by atoms with Crippen LogP contribution in [0.1, 0.15) is 11.1 Å². The van der Waals surface area contributed by atoms with Gasteiger partial charge >= 0.3 is 0 Å². The molecule has 6 heteroatoms. The van der Waals surface area contributed by atoms with E-state index >= 15 is 0 Å². The number of carbonyl (C=O) groups excluding carboxylic acids is 2. The molecule has 0 saturated carbocycles. The summed E-state index contributed by atoms with van der Waals surface area (Å²) in [5, 5.41) is -0.275. The third-order valence-corrected chi connectivity index (χ3v) is 4.77. The number of nitrogens with zero attached hydrogens (tertiary/aromatic N) is 1. The van der Waals surface area contributed by atoms with Crippen LogP contribution in [0.3, 0.4) is 0 Å². The molecule has 0 unspecified atom stereocenters. The molecule has 0 spiro atoms. The lowest BCUT2D eigenvalue weighted by Gasteiger charge is -2.13. The summed E-state index contributed by atoms with van der Waals surface area (Å²) in [6.07, 6.45) is 1.71. The second kappa shape index (κ2) is 8.10. The first-order valence-corrected chi connectivity index (χ1v) is 8.97. The van der Waals surface area contributed by atoms with Crippen LogP contribution in [0, 0.1) is 6.92 Å². The second-order valence-corrected chi connectivity index (χ2v) is 6.76. The van der Waals surface area contributed by atoms with Gasteiger partial charge in [0.2, 0.25) is 0 Å². The Labute approximate surface area is 156 Å². The summed E-state index contributed by atoms with van der Waals surface area (Å²) in [5.74, 6) is 1.18. The van der Waals surface area contributed by atoms with Crippen LogP contribution in [0.15, 0.2) is 53.4 Å². The summed E-state index contributed by atoms with van der Waals surface area (Å²) in [4.78, 5) is 26.2. The Morgan fingerprint density at radius 1 is 1.08 bits per heavy atom. The lowest BCUT2D eigenvalue weighted by Crippen LogP contribution is -2.32. The molecule has 134 valence electrons. The van der Waals surface area contributed by atoms with Gasteiger partial charge in [0.15, 0.2) is 0 Å². The van der Waals surface area contributed by atoms with Crippen molar-refractivity contribution < 1.29 is 19.1 Å². The van der Waals surface area contributed by atoms with E-state index in [1.54, 1.807) is 13.2 Å². The van der Waals surface area contributed by atoms with E-state index < -0.39 is 0 Å². The highest BCUT2D eigenvalue weighted by Gasteiger charge is 2.34. The van der Waals surface area contributed by atoms with E-state index in [9.17, 15) is 9.59 Å². The Hall–Kier alpha value is -2.73. The molecule has 2 aromatic rings. The van der Waals surface area contributed by atoms with E-state index in [1.165, 1.54) is 4.90 Å². The minimum absolute atomic E-state index is 0.221. The van der Waals surface area contributed by atoms with Crippen molar-refractivity contribution in [2.45, 2.75) is 6.92 Å². The van der Waals surface area contributed by atoms with Gasteiger partial charge in [-0.25, -0.2) is 0 Å². The van der Waals surface area contributed by atoms with Gasteiger partial charge in [-0.2, -0.15) is 0 Å². The first-order chi connectivity index (χ1) is 12.6. The van der Waals surface area contributed by atoms with Crippen molar-refractivity contribution in [1.82, 2.24) is 4.90 Å². The molecule has 1 aliphatic heterocycles. The minimum Gasteiger partial charge on any atom is -0.497 e. The largest absolute Gasteiger partial charge is 0.497 e. The molecule has 0 bridgehead atoms. The van der Waals surface area contributed by atoms with E-state index in [0.29, 0.717) is 4.91 Å². The SMILES string of the molecule is COc1ccc(/C=C2\SC(=O)N(CCOc3cccc(C)c3)C2=O)cc1. The van der Waals surface area contributed by atoms with Crippen molar-refractivity contribution in [1.29, 1.82) is 0 Å². The molecule has 5 nitrogen and oxygen atoms in total. The standard InChI is InChI=1S/C20H19NO4S/c1-14-4-3-5-17(12-14)25-11-10-21-19(22)18(26-20(21)23)13-15-6-8-16(24-2)9-7-15/h3-9,12-13H,10-11H2,1-2H3/b18-13-. The van der Waals surface area contributed by atoms with E-state index in [2.05, 4.69) is 0 Å². The summed E-state index contributed by atoms with van der Waals surface area (Å²) in [6.45, 7) is 2.46. The molecule has 2 amide bonds. The number of thioether (sulfide) groups is 1. The number of imide groups is 1. The molecule has 26 heavy (non-hydrogen) atoms. The van der Waals surface area contributed by atoms with Crippen molar-refractivity contribution in [2.24, 2.45) is 0 Å². The number of hydrogen-bond acceptors (Lipinski definition) is 5. The summed E-state index contributed by atoms with van der Waals surface area (Å²) in [7, 11) is 1.60. The molecule has 2 aromatic carbocycles. The number of carbonyl (C=O) groups is 2. The summed E-state index contributed by atoms with van der Waals surface area (Å²) < 4.78 is 10.7. The molecular formula is C20H19NO4S. The maximum absolute atomic E-state index is 12.5.